The summed E-state index contributed by atoms with van der Waals surface area (Å²) in [4.78, 5) is 11.0. The molecule has 0 amide bonds. The first kappa shape index (κ1) is 12.9. The summed E-state index contributed by atoms with van der Waals surface area (Å²) in [5.74, 6) is 0.399. The minimum absolute atomic E-state index is 0.338. The molecule has 3 nitrogen and oxygen atoms in total. The summed E-state index contributed by atoms with van der Waals surface area (Å²) in [6, 6.07) is 7.36. The van der Waals surface area contributed by atoms with Gasteiger partial charge in [-0.05, 0) is 30.3 Å². The van der Waals surface area contributed by atoms with Crippen LogP contribution in [0.1, 0.15) is 5.56 Å². The number of hydrogen-bond acceptors (Lipinski definition) is 2. The number of aromatic amines is 1. The minimum Gasteiger partial charge on any atom is -0.337 e. The van der Waals surface area contributed by atoms with Gasteiger partial charge in [-0.25, -0.2) is 4.98 Å². The van der Waals surface area contributed by atoms with E-state index in [2.05, 4.69) is 15.0 Å². The molecule has 0 aliphatic rings. The fourth-order valence-electron chi connectivity index (χ4n) is 1.80. The molecule has 1 N–H and O–H groups in total. The zero-order valence-electron chi connectivity index (χ0n) is 9.87. The quantitative estimate of drug-likeness (QED) is 0.727. The summed E-state index contributed by atoms with van der Waals surface area (Å²) >= 11 is 5.86. The summed E-state index contributed by atoms with van der Waals surface area (Å²) in [6.45, 7) is 0. The van der Waals surface area contributed by atoms with Crippen LogP contribution in [-0.4, -0.2) is 15.0 Å². The van der Waals surface area contributed by atoms with Gasteiger partial charge in [0.2, 0.25) is 0 Å². The standard InChI is InChI=1S/C13H7ClF3N3/c14-8-2-4-9-11(5-8)20-12(19-9)10-3-1-7(6-18-10)13(15,16)17/h1-6H,(H,19,20). The van der Waals surface area contributed by atoms with E-state index in [0.717, 1.165) is 12.3 Å². The highest BCUT2D eigenvalue weighted by molar-refractivity contribution is 6.31. The van der Waals surface area contributed by atoms with Gasteiger partial charge in [0.1, 0.15) is 5.69 Å². The summed E-state index contributed by atoms with van der Waals surface area (Å²) in [7, 11) is 0. The van der Waals surface area contributed by atoms with Crippen molar-refractivity contribution in [1.82, 2.24) is 15.0 Å². The molecule has 20 heavy (non-hydrogen) atoms. The van der Waals surface area contributed by atoms with E-state index in [1.807, 2.05) is 0 Å². The maximum Gasteiger partial charge on any atom is 0.417 e. The van der Waals surface area contributed by atoms with Gasteiger partial charge in [0, 0.05) is 11.2 Å². The second-order valence-corrected chi connectivity index (χ2v) is 4.61. The second kappa shape index (κ2) is 4.49. The highest BCUT2D eigenvalue weighted by atomic mass is 35.5. The van der Waals surface area contributed by atoms with Crippen LogP contribution in [-0.2, 0) is 6.18 Å². The lowest BCUT2D eigenvalue weighted by Crippen LogP contribution is -2.05. The van der Waals surface area contributed by atoms with Crippen LogP contribution < -0.4 is 0 Å². The molecule has 102 valence electrons. The lowest BCUT2D eigenvalue weighted by molar-refractivity contribution is -0.137. The van der Waals surface area contributed by atoms with Gasteiger partial charge in [-0.1, -0.05) is 11.6 Å². The van der Waals surface area contributed by atoms with Crippen molar-refractivity contribution in [1.29, 1.82) is 0 Å². The molecule has 7 heteroatoms. The maximum absolute atomic E-state index is 12.5. The first-order valence-electron chi connectivity index (χ1n) is 5.62. The van der Waals surface area contributed by atoms with Gasteiger partial charge in [0.05, 0.1) is 16.6 Å². The second-order valence-electron chi connectivity index (χ2n) is 4.18. The van der Waals surface area contributed by atoms with Gasteiger partial charge in [-0.15, -0.1) is 0 Å². The average molecular weight is 298 g/mol. The van der Waals surface area contributed by atoms with Crippen molar-refractivity contribution in [2.45, 2.75) is 6.18 Å². The number of halogens is 4. The van der Waals surface area contributed by atoms with E-state index in [4.69, 9.17) is 11.6 Å². The zero-order valence-corrected chi connectivity index (χ0v) is 10.6. The number of imidazole rings is 1. The van der Waals surface area contributed by atoms with Crippen molar-refractivity contribution in [3.05, 3.63) is 47.1 Å². The molecule has 0 aliphatic heterocycles. The molecule has 0 spiro atoms. The summed E-state index contributed by atoms with van der Waals surface area (Å²) in [5.41, 5.74) is 0.922. The number of benzene rings is 1. The number of nitrogens with zero attached hydrogens (tertiary/aromatic N) is 2. The average Bonchev–Trinajstić information content (AvgIpc) is 2.80. The predicted molar refractivity (Wildman–Crippen MR) is 69.3 cm³/mol. The molecular formula is C13H7ClF3N3. The molecule has 0 saturated carbocycles. The van der Waals surface area contributed by atoms with Crippen molar-refractivity contribution in [3.8, 4) is 11.5 Å². The van der Waals surface area contributed by atoms with E-state index in [9.17, 15) is 13.2 Å². The molecule has 3 rings (SSSR count). The molecule has 0 aliphatic carbocycles. The summed E-state index contributed by atoms with van der Waals surface area (Å²) in [5, 5.41) is 0.549. The molecule has 0 atom stereocenters. The number of H-pyrrole nitrogens is 1. The molecule has 2 heterocycles. The molecule has 2 aromatic heterocycles. The van der Waals surface area contributed by atoms with Crippen molar-refractivity contribution < 1.29 is 13.2 Å². The van der Waals surface area contributed by atoms with Crippen LogP contribution in [0.5, 0.6) is 0 Å². The van der Waals surface area contributed by atoms with Gasteiger partial charge < -0.3 is 4.98 Å². The number of hydrogen-bond donors (Lipinski definition) is 1. The Kier molecular flexibility index (Phi) is 2.90. The van der Waals surface area contributed by atoms with Gasteiger partial charge in [-0.3, -0.25) is 4.98 Å². The third kappa shape index (κ3) is 2.34. The Morgan fingerprint density at radius 1 is 1.10 bits per heavy atom. The van der Waals surface area contributed by atoms with Gasteiger partial charge in [0.25, 0.3) is 0 Å². The highest BCUT2D eigenvalue weighted by Crippen LogP contribution is 2.29. The SMILES string of the molecule is FC(F)(F)c1ccc(-c2nc3ccc(Cl)cc3[nH]2)nc1. The first-order chi connectivity index (χ1) is 9.43. The molecule has 3 aromatic rings. The molecule has 0 bridgehead atoms. The fourth-order valence-corrected chi connectivity index (χ4v) is 1.98. The topological polar surface area (TPSA) is 41.6 Å². The van der Waals surface area contributed by atoms with Gasteiger partial charge in [0.15, 0.2) is 5.82 Å². The number of aromatic nitrogens is 3. The Bertz CT molecular complexity index is 763. The molecule has 0 radical (unpaired) electrons. The number of rotatable bonds is 1. The largest absolute Gasteiger partial charge is 0.417 e. The monoisotopic (exact) mass is 297 g/mol. The zero-order chi connectivity index (χ0) is 14.3. The van der Waals surface area contributed by atoms with Gasteiger partial charge >= 0.3 is 6.18 Å². The molecule has 0 saturated heterocycles. The predicted octanol–water partition coefficient (Wildman–Crippen LogP) is 4.30. The van der Waals surface area contributed by atoms with E-state index >= 15 is 0 Å². The van der Waals surface area contributed by atoms with Crippen LogP contribution in [0.15, 0.2) is 36.5 Å². The van der Waals surface area contributed by atoms with Crippen LogP contribution in [0.2, 0.25) is 5.02 Å². The minimum atomic E-state index is -4.40. The van der Waals surface area contributed by atoms with Crippen LogP contribution in [0, 0.1) is 0 Å². The Morgan fingerprint density at radius 2 is 1.90 bits per heavy atom. The Morgan fingerprint density at radius 3 is 2.55 bits per heavy atom. The van der Waals surface area contributed by atoms with Crippen molar-refractivity contribution in [2.24, 2.45) is 0 Å². The van der Waals surface area contributed by atoms with E-state index in [0.29, 0.717) is 27.6 Å². The fraction of sp³-hybridized carbons (Fsp3) is 0.0769. The van der Waals surface area contributed by atoms with E-state index in [1.165, 1.54) is 6.07 Å². The molecule has 1 aromatic carbocycles. The number of fused-ring (bicyclic) bond motifs is 1. The number of alkyl halides is 3. The number of pyridine rings is 1. The highest BCUT2D eigenvalue weighted by Gasteiger charge is 2.30. The Hall–Kier alpha value is -2.08. The third-order valence-electron chi connectivity index (χ3n) is 2.78. The van der Waals surface area contributed by atoms with Crippen LogP contribution >= 0.6 is 11.6 Å². The normalized spacial score (nSPS) is 12.0. The van der Waals surface area contributed by atoms with E-state index in [-0.39, 0.29) is 0 Å². The molecular weight excluding hydrogens is 291 g/mol. The van der Waals surface area contributed by atoms with Crippen molar-refractivity contribution >= 4 is 22.6 Å². The smallest absolute Gasteiger partial charge is 0.337 e. The van der Waals surface area contributed by atoms with E-state index < -0.39 is 11.7 Å². The molecule has 0 fully saturated rings. The summed E-state index contributed by atoms with van der Waals surface area (Å²) in [6.07, 6.45) is -3.61. The lowest BCUT2D eigenvalue weighted by atomic mass is 10.2. The van der Waals surface area contributed by atoms with Crippen molar-refractivity contribution in [3.63, 3.8) is 0 Å². The van der Waals surface area contributed by atoms with Crippen LogP contribution in [0.3, 0.4) is 0 Å². The van der Waals surface area contributed by atoms with Gasteiger partial charge in [-0.2, -0.15) is 13.2 Å². The molecule has 0 unspecified atom stereocenters. The maximum atomic E-state index is 12.5. The lowest BCUT2D eigenvalue weighted by Gasteiger charge is -2.05. The third-order valence-corrected chi connectivity index (χ3v) is 3.01. The van der Waals surface area contributed by atoms with Crippen LogP contribution in [0.4, 0.5) is 13.2 Å². The Balaban J connectivity index is 2.02. The first-order valence-corrected chi connectivity index (χ1v) is 6.00. The van der Waals surface area contributed by atoms with Crippen molar-refractivity contribution in [2.75, 3.05) is 0 Å². The Labute approximate surface area is 116 Å². The van der Waals surface area contributed by atoms with Crippen LogP contribution in [0.25, 0.3) is 22.6 Å². The number of nitrogens with one attached hydrogen (secondary N) is 1. The van der Waals surface area contributed by atoms with E-state index in [1.54, 1.807) is 18.2 Å². The summed E-state index contributed by atoms with van der Waals surface area (Å²) < 4.78 is 37.4.